The quantitative estimate of drug-likeness (QED) is 0.0744. The predicted molar refractivity (Wildman–Crippen MR) is 205 cm³/mol. The normalized spacial score (nSPS) is 12.0. The first-order valence-electron chi connectivity index (χ1n) is 21.0. The molecule has 0 saturated carbocycles. The van der Waals surface area contributed by atoms with E-state index in [0.29, 0.717) is 6.04 Å². The van der Waals surface area contributed by atoms with Crippen molar-refractivity contribution in [3.63, 3.8) is 0 Å². The van der Waals surface area contributed by atoms with Crippen molar-refractivity contribution >= 4 is 0 Å². The lowest BCUT2D eigenvalue weighted by molar-refractivity contribution is 0.409. The second-order valence-electron chi connectivity index (χ2n) is 14.7. The van der Waals surface area contributed by atoms with E-state index in [1.54, 1.807) is 0 Å². The molecule has 0 amide bonds. The molecule has 0 aliphatic carbocycles. The summed E-state index contributed by atoms with van der Waals surface area (Å²) < 4.78 is 0. The lowest BCUT2D eigenvalue weighted by Crippen LogP contribution is -2.29. The van der Waals surface area contributed by atoms with Gasteiger partial charge in [0.15, 0.2) is 0 Å². The maximum atomic E-state index is 9.52. The summed E-state index contributed by atoms with van der Waals surface area (Å²) in [7, 11) is 0. The molecule has 2 nitrogen and oxygen atoms in total. The Kier molecular flexibility index (Phi) is 32.5. The molecule has 1 N–H and O–H groups in total. The van der Waals surface area contributed by atoms with E-state index in [4.69, 9.17) is 0 Å². The second-order valence-corrected chi connectivity index (χ2v) is 14.7. The summed E-state index contributed by atoms with van der Waals surface area (Å²) >= 11 is 0. The molecule has 2 heteroatoms. The molecule has 0 heterocycles. The van der Waals surface area contributed by atoms with Crippen LogP contribution in [0.5, 0.6) is 0 Å². The Morgan fingerprint density at radius 1 is 0.457 bits per heavy atom. The molecule has 1 atom stereocenters. The van der Waals surface area contributed by atoms with Gasteiger partial charge in [-0.1, -0.05) is 231 Å². The van der Waals surface area contributed by atoms with Gasteiger partial charge in [0.25, 0.3) is 0 Å². The second kappa shape index (κ2) is 35.0. The fourth-order valence-electron chi connectivity index (χ4n) is 7.09. The van der Waals surface area contributed by atoms with Crippen LogP contribution in [0.4, 0.5) is 0 Å². The molecule has 1 unspecified atom stereocenters. The summed E-state index contributed by atoms with van der Waals surface area (Å²) in [6, 6.07) is 11.1. The molecular formula is C44H80N2. The minimum atomic E-state index is 0.584. The average Bonchev–Trinajstić information content (AvgIpc) is 3.08. The smallest absolute Gasteiger partial charge is 0.0995 e. The lowest BCUT2D eigenvalue weighted by atomic mass is 9.98. The SMILES string of the molecule is CCCCCCCCCCCCCCCCCCC(CCCCCCCCCCCCCCCCC)NCc1ccccc1C#N. The van der Waals surface area contributed by atoms with E-state index in [-0.39, 0.29) is 0 Å². The molecule has 0 fully saturated rings. The van der Waals surface area contributed by atoms with E-state index in [9.17, 15) is 5.26 Å². The molecule has 0 aliphatic rings. The maximum absolute atomic E-state index is 9.52. The zero-order valence-corrected chi connectivity index (χ0v) is 31.4. The fourth-order valence-corrected chi connectivity index (χ4v) is 7.09. The average molecular weight is 637 g/mol. The number of nitrogens with one attached hydrogen (secondary N) is 1. The van der Waals surface area contributed by atoms with Crippen LogP contribution in [-0.2, 0) is 6.54 Å². The monoisotopic (exact) mass is 637 g/mol. The highest BCUT2D eigenvalue weighted by atomic mass is 14.9. The highest BCUT2D eigenvalue weighted by Crippen LogP contribution is 2.18. The van der Waals surface area contributed by atoms with E-state index in [1.165, 1.54) is 212 Å². The standard InChI is InChI=1S/C44H80N2/c1-3-5-7-9-11-13-15-17-19-21-23-25-27-29-31-33-39-44(46-41-43-37-35-34-36-42(43)40-45)38-32-30-28-26-24-22-20-18-16-14-12-10-8-6-4-2/h34-37,44,46H,3-33,38-39,41H2,1-2H3. The maximum Gasteiger partial charge on any atom is 0.0995 e. The van der Waals surface area contributed by atoms with Gasteiger partial charge in [-0.05, 0) is 24.5 Å². The summed E-state index contributed by atoms with van der Waals surface area (Å²) in [6.45, 7) is 5.43. The number of nitriles is 1. The Morgan fingerprint density at radius 2 is 0.761 bits per heavy atom. The Bertz CT molecular complexity index is 780. The van der Waals surface area contributed by atoms with Crippen molar-refractivity contribution in [3.8, 4) is 6.07 Å². The molecule has 0 aliphatic heterocycles. The van der Waals surface area contributed by atoms with E-state index >= 15 is 0 Å². The van der Waals surface area contributed by atoms with Crippen molar-refractivity contribution < 1.29 is 0 Å². The van der Waals surface area contributed by atoms with Crippen molar-refractivity contribution in [2.24, 2.45) is 0 Å². The van der Waals surface area contributed by atoms with Crippen molar-refractivity contribution in [1.29, 1.82) is 5.26 Å². The predicted octanol–water partition coefficient (Wildman–Crippen LogP) is 14.9. The van der Waals surface area contributed by atoms with Crippen molar-refractivity contribution in [1.82, 2.24) is 5.32 Å². The summed E-state index contributed by atoms with van der Waals surface area (Å²) in [5.74, 6) is 0. The van der Waals surface area contributed by atoms with Gasteiger partial charge in [0.05, 0.1) is 11.6 Å². The fraction of sp³-hybridized carbons (Fsp3) is 0.841. The van der Waals surface area contributed by atoms with E-state index in [2.05, 4.69) is 37.4 Å². The van der Waals surface area contributed by atoms with Crippen LogP contribution in [-0.4, -0.2) is 6.04 Å². The summed E-state index contributed by atoms with van der Waals surface area (Å²) in [4.78, 5) is 0. The van der Waals surface area contributed by atoms with Gasteiger partial charge >= 0.3 is 0 Å². The third kappa shape index (κ3) is 27.8. The summed E-state index contributed by atoms with van der Waals surface area (Å²) in [5.41, 5.74) is 1.97. The zero-order chi connectivity index (χ0) is 33.0. The third-order valence-electron chi connectivity index (χ3n) is 10.3. The van der Waals surface area contributed by atoms with Crippen molar-refractivity contribution in [3.05, 3.63) is 35.4 Å². The molecule has 0 bridgehead atoms. The molecule has 266 valence electrons. The molecule has 1 aromatic rings. The minimum absolute atomic E-state index is 0.584. The molecule has 0 saturated heterocycles. The van der Waals surface area contributed by atoms with Gasteiger partial charge in [0.2, 0.25) is 0 Å². The first-order chi connectivity index (χ1) is 22.8. The van der Waals surface area contributed by atoms with Crippen LogP contribution >= 0.6 is 0 Å². The molecule has 1 rings (SSSR count). The molecular weight excluding hydrogens is 556 g/mol. The first kappa shape index (κ1) is 42.7. The van der Waals surface area contributed by atoms with E-state index in [1.807, 2.05) is 12.1 Å². The summed E-state index contributed by atoms with van der Waals surface area (Å²) in [6.07, 6.45) is 46.8. The van der Waals surface area contributed by atoms with Crippen LogP contribution in [0.1, 0.15) is 237 Å². The van der Waals surface area contributed by atoms with Gasteiger partial charge in [-0.15, -0.1) is 0 Å². The highest BCUT2D eigenvalue weighted by molar-refractivity contribution is 5.37. The Morgan fingerprint density at radius 3 is 1.09 bits per heavy atom. The van der Waals surface area contributed by atoms with Crippen molar-refractivity contribution in [2.75, 3.05) is 0 Å². The van der Waals surface area contributed by atoms with Crippen molar-refractivity contribution in [2.45, 2.75) is 238 Å². The molecule has 1 aromatic carbocycles. The van der Waals surface area contributed by atoms with Crippen LogP contribution in [0.15, 0.2) is 24.3 Å². The highest BCUT2D eigenvalue weighted by Gasteiger charge is 2.10. The zero-order valence-electron chi connectivity index (χ0n) is 31.4. The molecule has 46 heavy (non-hydrogen) atoms. The van der Waals surface area contributed by atoms with Crippen LogP contribution in [0, 0.1) is 11.3 Å². The number of rotatable bonds is 36. The minimum Gasteiger partial charge on any atom is -0.310 e. The van der Waals surface area contributed by atoms with Gasteiger partial charge < -0.3 is 5.32 Å². The molecule has 0 radical (unpaired) electrons. The molecule has 0 spiro atoms. The van der Waals surface area contributed by atoms with Crippen LogP contribution in [0.2, 0.25) is 0 Å². The third-order valence-corrected chi connectivity index (χ3v) is 10.3. The lowest BCUT2D eigenvalue weighted by Gasteiger charge is -2.19. The Hall–Kier alpha value is -1.33. The van der Waals surface area contributed by atoms with Gasteiger partial charge in [-0.3, -0.25) is 0 Å². The van der Waals surface area contributed by atoms with Crippen LogP contribution in [0.3, 0.4) is 0 Å². The number of nitrogens with zero attached hydrogens (tertiary/aromatic N) is 1. The van der Waals surface area contributed by atoms with Crippen LogP contribution < -0.4 is 5.32 Å². The number of hydrogen-bond donors (Lipinski definition) is 1. The Balaban J connectivity index is 2.11. The van der Waals surface area contributed by atoms with E-state index < -0.39 is 0 Å². The number of hydrogen-bond acceptors (Lipinski definition) is 2. The number of benzene rings is 1. The van der Waals surface area contributed by atoms with Gasteiger partial charge in [0, 0.05) is 12.6 Å². The topological polar surface area (TPSA) is 35.8 Å². The largest absolute Gasteiger partial charge is 0.310 e. The van der Waals surface area contributed by atoms with E-state index in [0.717, 1.165) is 17.7 Å². The first-order valence-corrected chi connectivity index (χ1v) is 21.0. The number of unbranched alkanes of at least 4 members (excludes halogenated alkanes) is 29. The van der Waals surface area contributed by atoms with Gasteiger partial charge in [-0.25, -0.2) is 0 Å². The van der Waals surface area contributed by atoms with Gasteiger partial charge in [-0.2, -0.15) is 5.26 Å². The van der Waals surface area contributed by atoms with Gasteiger partial charge in [0.1, 0.15) is 0 Å². The van der Waals surface area contributed by atoms with Crippen LogP contribution in [0.25, 0.3) is 0 Å². The summed E-state index contributed by atoms with van der Waals surface area (Å²) in [5, 5.41) is 13.4. The molecule has 0 aromatic heterocycles. The Labute approximate surface area is 289 Å².